The van der Waals surface area contributed by atoms with Crippen molar-refractivity contribution in [3.63, 3.8) is 0 Å². The lowest BCUT2D eigenvalue weighted by molar-refractivity contribution is -0.132. The lowest BCUT2D eigenvalue weighted by atomic mass is 9.87. The van der Waals surface area contributed by atoms with E-state index in [0.29, 0.717) is 6.54 Å². The zero-order valence-electron chi connectivity index (χ0n) is 12.0. The van der Waals surface area contributed by atoms with E-state index in [-0.39, 0.29) is 5.91 Å². The van der Waals surface area contributed by atoms with Crippen molar-refractivity contribution in [2.24, 2.45) is 5.73 Å². The van der Waals surface area contributed by atoms with Crippen molar-refractivity contribution in [2.45, 2.75) is 38.3 Å². The molecular weight excluding hydrogens is 302 g/mol. The lowest BCUT2D eigenvalue weighted by Gasteiger charge is -2.42. The van der Waals surface area contributed by atoms with Gasteiger partial charge in [-0.25, -0.2) is 4.98 Å². The van der Waals surface area contributed by atoms with Gasteiger partial charge < -0.3 is 5.73 Å². The first-order valence-electron chi connectivity index (χ1n) is 7.13. The van der Waals surface area contributed by atoms with E-state index < -0.39 is 5.54 Å². The second kappa shape index (κ2) is 5.87. The first-order valence-corrected chi connectivity index (χ1v) is 8.89. The second-order valence-electron chi connectivity index (χ2n) is 5.64. The molecule has 1 aliphatic rings. The summed E-state index contributed by atoms with van der Waals surface area (Å²) in [5.41, 5.74) is 6.12. The molecule has 1 aliphatic heterocycles. The van der Waals surface area contributed by atoms with Crippen LogP contribution < -0.4 is 5.73 Å². The van der Waals surface area contributed by atoms with Gasteiger partial charge in [-0.2, -0.15) is 0 Å². The van der Waals surface area contributed by atoms with E-state index in [1.165, 1.54) is 4.88 Å². The van der Waals surface area contributed by atoms with E-state index in [2.05, 4.69) is 21.7 Å². The van der Waals surface area contributed by atoms with Crippen LogP contribution in [-0.4, -0.2) is 27.9 Å². The smallest absolute Gasteiger partial charge is 0.237 e. The van der Waals surface area contributed by atoms with Gasteiger partial charge in [0.25, 0.3) is 0 Å². The van der Waals surface area contributed by atoms with Gasteiger partial charge in [-0.1, -0.05) is 6.07 Å². The maximum atomic E-state index is 11.8. The number of thiazole rings is 1. The van der Waals surface area contributed by atoms with E-state index in [9.17, 15) is 4.79 Å². The quantitative estimate of drug-likeness (QED) is 0.941. The molecular formula is C15H19N3OS2. The molecule has 2 aromatic rings. The van der Waals surface area contributed by atoms with Crippen LogP contribution in [0.4, 0.5) is 0 Å². The summed E-state index contributed by atoms with van der Waals surface area (Å²) in [4.78, 5) is 19.9. The Bertz CT molecular complexity index is 623. The van der Waals surface area contributed by atoms with Crippen molar-refractivity contribution in [3.05, 3.63) is 28.6 Å². The third-order valence-corrected chi connectivity index (χ3v) is 6.14. The van der Waals surface area contributed by atoms with Crippen molar-refractivity contribution in [1.82, 2.24) is 9.88 Å². The molecule has 0 spiro atoms. The number of amides is 1. The number of thiophene rings is 1. The average Bonchev–Trinajstić information content (AvgIpc) is 3.12. The predicted octanol–water partition coefficient (Wildman–Crippen LogP) is 3.10. The fourth-order valence-electron chi connectivity index (χ4n) is 2.80. The number of hydrogen-bond acceptors (Lipinski definition) is 5. The number of likely N-dealkylation sites (tertiary alicyclic amines) is 1. The molecule has 1 fully saturated rings. The van der Waals surface area contributed by atoms with Crippen LogP contribution in [0.5, 0.6) is 0 Å². The van der Waals surface area contributed by atoms with Crippen LogP contribution in [-0.2, 0) is 11.3 Å². The third kappa shape index (κ3) is 2.88. The maximum absolute atomic E-state index is 11.8. The molecule has 2 aromatic heterocycles. The van der Waals surface area contributed by atoms with Gasteiger partial charge in [-0.15, -0.1) is 22.7 Å². The first-order chi connectivity index (χ1) is 10.1. The van der Waals surface area contributed by atoms with Crippen LogP contribution in [0.1, 0.15) is 31.9 Å². The summed E-state index contributed by atoms with van der Waals surface area (Å²) in [5.74, 6) is -0.226. The minimum absolute atomic E-state index is 0.226. The van der Waals surface area contributed by atoms with E-state index in [1.54, 1.807) is 22.7 Å². The lowest BCUT2D eigenvalue weighted by Crippen LogP contribution is -2.57. The Balaban J connectivity index is 1.78. The molecule has 0 aliphatic carbocycles. The summed E-state index contributed by atoms with van der Waals surface area (Å²) in [7, 11) is 0. The van der Waals surface area contributed by atoms with Crippen LogP contribution in [0, 0.1) is 0 Å². The fraction of sp³-hybridized carbons (Fsp3) is 0.467. The number of hydrogen-bond donors (Lipinski definition) is 1. The minimum Gasteiger partial charge on any atom is -0.368 e. The molecule has 3 rings (SSSR count). The van der Waals surface area contributed by atoms with Crippen molar-refractivity contribution in [2.75, 3.05) is 6.54 Å². The van der Waals surface area contributed by atoms with Gasteiger partial charge in [0.05, 0.1) is 16.1 Å². The Kier molecular flexibility index (Phi) is 4.10. The van der Waals surface area contributed by atoms with Crippen LogP contribution in [0.2, 0.25) is 0 Å². The van der Waals surface area contributed by atoms with Crippen molar-refractivity contribution >= 4 is 28.6 Å². The third-order valence-electron chi connectivity index (χ3n) is 4.21. The highest BCUT2D eigenvalue weighted by Gasteiger charge is 2.39. The van der Waals surface area contributed by atoms with Gasteiger partial charge in [0.15, 0.2) is 0 Å². The Morgan fingerprint density at radius 2 is 2.33 bits per heavy atom. The highest BCUT2D eigenvalue weighted by atomic mass is 32.1. The second-order valence-corrected chi connectivity index (χ2v) is 7.44. The number of primary amides is 1. The summed E-state index contributed by atoms with van der Waals surface area (Å²) < 4.78 is 0. The number of nitrogens with two attached hydrogens (primary N) is 1. The van der Waals surface area contributed by atoms with Crippen LogP contribution in [0.15, 0.2) is 22.9 Å². The van der Waals surface area contributed by atoms with E-state index in [0.717, 1.165) is 36.5 Å². The zero-order chi connectivity index (χ0) is 14.9. The number of carbonyl (C=O) groups is 1. The van der Waals surface area contributed by atoms with Crippen LogP contribution in [0.25, 0.3) is 9.88 Å². The molecule has 112 valence electrons. The normalized spacial score (nSPS) is 23.3. The van der Waals surface area contributed by atoms with Crippen molar-refractivity contribution in [3.8, 4) is 9.88 Å². The topological polar surface area (TPSA) is 59.2 Å². The standard InChI is InChI=1S/C15H19N3OS2/c1-15(14(16)19)6-2-3-7-18(15)9-11-10-21-13(17-11)12-5-4-8-20-12/h4-5,8,10H,2-3,6-7,9H2,1H3,(H2,16,19)/t15-/m0/s1. The van der Waals surface area contributed by atoms with Crippen molar-refractivity contribution in [1.29, 1.82) is 0 Å². The molecule has 0 unspecified atom stereocenters. The molecule has 1 saturated heterocycles. The maximum Gasteiger partial charge on any atom is 0.237 e. The van der Waals surface area contributed by atoms with Crippen LogP contribution in [0.3, 0.4) is 0 Å². The molecule has 3 heterocycles. The van der Waals surface area contributed by atoms with Gasteiger partial charge >= 0.3 is 0 Å². The summed E-state index contributed by atoms with van der Waals surface area (Å²) in [6.07, 6.45) is 3.02. The van der Waals surface area contributed by atoms with Gasteiger partial charge in [-0.05, 0) is 44.2 Å². The molecule has 0 aromatic carbocycles. The van der Waals surface area contributed by atoms with E-state index in [1.807, 2.05) is 13.0 Å². The molecule has 6 heteroatoms. The monoisotopic (exact) mass is 321 g/mol. The Morgan fingerprint density at radius 3 is 3.05 bits per heavy atom. The van der Waals surface area contributed by atoms with Gasteiger partial charge in [-0.3, -0.25) is 9.69 Å². The molecule has 0 bridgehead atoms. The van der Waals surface area contributed by atoms with Gasteiger partial charge in [0, 0.05) is 11.9 Å². The highest BCUT2D eigenvalue weighted by molar-refractivity contribution is 7.20. The van der Waals surface area contributed by atoms with Gasteiger partial charge in [0.2, 0.25) is 5.91 Å². The molecule has 0 radical (unpaired) electrons. The van der Waals surface area contributed by atoms with Crippen molar-refractivity contribution < 1.29 is 4.79 Å². The number of rotatable bonds is 4. The summed E-state index contributed by atoms with van der Waals surface area (Å²) >= 11 is 3.36. The minimum atomic E-state index is -0.537. The Hall–Kier alpha value is -1.24. The molecule has 1 atom stereocenters. The predicted molar refractivity (Wildman–Crippen MR) is 87.3 cm³/mol. The van der Waals surface area contributed by atoms with Gasteiger partial charge in [0.1, 0.15) is 5.01 Å². The first kappa shape index (κ1) is 14.7. The largest absolute Gasteiger partial charge is 0.368 e. The SMILES string of the molecule is C[C@@]1(C(N)=O)CCCCN1Cc1csc(-c2cccs2)n1. The Morgan fingerprint density at radius 1 is 1.48 bits per heavy atom. The number of nitrogens with zero attached hydrogens (tertiary/aromatic N) is 2. The number of piperidine rings is 1. The number of carbonyl (C=O) groups excluding carboxylic acids is 1. The fourth-order valence-corrected chi connectivity index (χ4v) is 4.42. The summed E-state index contributed by atoms with van der Waals surface area (Å²) in [5, 5.41) is 5.20. The molecule has 0 saturated carbocycles. The highest BCUT2D eigenvalue weighted by Crippen LogP contribution is 2.32. The Labute approximate surface area is 132 Å². The zero-order valence-corrected chi connectivity index (χ0v) is 13.7. The molecule has 4 nitrogen and oxygen atoms in total. The van der Waals surface area contributed by atoms with E-state index in [4.69, 9.17) is 10.7 Å². The summed E-state index contributed by atoms with van der Waals surface area (Å²) in [6, 6.07) is 4.12. The van der Waals surface area contributed by atoms with E-state index >= 15 is 0 Å². The van der Waals surface area contributed by atoms with Crippen LogP contribution >= 0.6 is 22.7 Å². The molecule has 2 N–H and O–H groups in total. The summed E-state index contributed by atoms with van der Waals surface area (Å²) in [6.45, 7) is 3.56. The average molecular weight is 321 g/mol. The molecule has 1 amide bonds. The molecule has 21 heavy (non-hydrogen) atoms. The number of aromatic nitrogens is 1.